The SMILES string of the molecule is COc1cccc(NC(=S)NC(C)c2ccccc2)c1. The highest BCUT2D eigenvalue weighted by atomic mass is 32.1. The van der Waals surface area contributed by atoms with Crippen LogP contribution in [0.4, 0.5) is 5.69 Å². The number of hydrogen-bond acceptors (Lipinski definition) is 2. The van der Waals surface area contributed by atoms with Gasteiger partial charge in [0.15, 0.2) is 5.11 Å². The maximum atomic E-state index is 5.33. The van der Waals surface area contributed by atoms with Gasteiger partial charge in [0.2, 0.25) is 0 Å². The van der Waals surface area contributed by atoms with E-state index < -0.39 is 0 Å². The number of thiocarbonyl (C=S) groups is 1. The Hall–Kier alpha value is -2.07. The average molecular weight is 286 g/mol. The van der Waals surface area contributed by atoms with Crippen molar-refractivity contribution in [3.8, 4) is 5.75 Å². The first-order valence-electron chi connectivity index (χ1n) is 6.45. The zero-order valence-electron chi connectivity index (χ0n) is 11.6. The van der Waals surface area contributed by atoms with Gasteiger partial charge in [-0.05, 0) is 36.8 Å². The molecule has 2 N–H and O–H groups in total. The Balaban J connectivity index is 1.95. The summed E-state index contributed by atoms with van der Waals surface area (Å²) in [6, 6.07) is 18.0. The van der Waals surface area contributed by atoms with E-state index in [1.54, 1.807) is 7.11 Å². The van der Waals surface area contributed by atoms with Crippen molar-refractivity contribution >= 4 is 23.0 Å². The Morgan fingerprint density at radius 3 is 2.55 bits per heavy atom. The fraction of sp³-hybridized carbons (Fsp3) is 0.188. The van der Waals surface area contributed by atoms with Crippen LogP contribution in [0.5, 0.6) is 5.75 Å². The van der Waals surface area contributed by atoms with Gasteiger partial charge in [-0.2, -0.15) is 0 Å². The second-order valence-corrected chi connectivity index (χ2v) is 4.87. The number of hydrogen-bond donors (Lipinski definition) is 2. The molecule has 3 nitrogen and oxygen atoms in total. The minimum atomic E-state index is 0.154. The van der Waals surface area contributed by atoms with Crippen molar-refractivity contribution in [2.45, 2.75) is 13.0 Å². The molecule has 0 radical (unpaired) electrons. The Morgan fingerprint density at radius 2 is 1.85 bits per heavy atom. The first-order chi connectivity index (χ1) is 9.69. The highest BCUT2D eigenvalue weighted by molar-refractivity contribution is 7.80. The predicted octanol–water partition coefficient (Wildman–Crippen LogP) is 3.74. The molecular formula is C16H18N2OS. The van der Waals surface area contributed by atoms with Gasteiger partial charge < -0.3 is 15.4 Å². The molecule has 0 spiro atoms. The van der Waals surface area contributed by atoms with Crippen LogP contribution in [0.15, 0.2) is 54.6 Å². The number of benzene rings is 2. The van der Waals surface area contributed by atoms with Crippen LogP contribution in [-0.2, 0) is 0 Å². The van der Waals surface area contributed by atoms with E-state index in [1.165, 1.54) is 5.56 Å². The lowest BCUT2D eigenvalue weighted by Crippen LogP contribution is -2.30. The molecule has 0 fully saturated rings. The minimum Gasteiger partial charge on any atom is -0.497 e. The van der Waals surface area contributed by atoms with Gasteiger partial charge in [0.25, 0.3) is 0 Å². The molecule has 20 heavy (non-hydrogen) atoms. The molecule has 0 bridgehead atoms. The fourth-order valence-electron chi connectivity index (χ4n) is 1.89. The normalized spacial score (nSPS) is 11.5. The largest absolute Gasteiger partial charge is 0.497 e. The van der Waals surface area contributed by atoms with Crippen molar-refractivity contribution in [3.05, 3.63) is 60.2 Å². The second-order valence-electron chi connectivity index (χ2n) is 4.46. The summed E-state index contributed by atoms with van der Waals surface area (Å²) in [5.41, 5.74) is 2.10. The maximum absolute atomic E-state index is 5.33. The smallest absolute Gasteiger partial charge is 0.171 e. The molecule has 0 aliphatic rings. The van der Waals surface area contributed by atoms with Crippen LogP contribution in [-0.4, -0.2) is 12.2 Å². The monoisotopic (exact) mass is 286 g/mol. The van der Waals surface area contributed by atoms with E-state index in [2.05, 4.69) is 29.7 Å². The quantitative estimate of drug-likeness (QED) is 0.839. The highest BCUT2D eigenvalue weighted by Gasteiger charge is 2.06. The van der Waals surface area contributed by atoms with E-state index in [0.717, 1.165) is 11.4 Å². The summed E-state index contributed by atoms with van der Waals surface area (Å²) in [5.74, 6) is 0.800. The summed E-state index contributed by atoms with van der Waals surface area (Å²) in [6.45, 7) is 2.08. The molecule has 0 saturated heterocycles. The third-order valence-electron chi connectivity index (χ3n) is 2.97. The third-order valence-corrected chi connectivity index (χ3v) is 3.19. The molecule has 0 amide bonds. The summed E-state index contributed by atoms with van der Waals surface area (Å²) in [6.07, 6.45) is 0. The third kappa shape index (κ3) is 3.96. The molecule has 0 heterocycles. The van der Waals surface area contributed by atoms with Gasteiger partial charge >= 0.3 is 0 Å². The molecule has 2 rings (SSSR count). The minimum absolute atomic E-state index is 0.154. The average Bonchev–Trinajstić information content (AvgIpc) is 2.48. The molecule has 0 aliphatic heterocycles. The zero-order valence-corrected chi connectivity index (χ0v) is 12.4. The lowest BCUT2D eigenvalue weighted by atomic mass is 10.1. The summed E-state index contributed by atoms with van der Waals surface area (Å²) < 4.78 is 5.18. The molecule has 0 aromatic heterocycles. The Morgan fingerprint density at radius 1 is 1.10 bits per heavy atom. The summed E-state index contributed by atoms with van der Waals surface area (Å²) in [5, 5.41) is 7.01. The van der Waals surface area contributed by atoms with E-state index in [-0.39, 0.29) is 6.04 Å². The van der Waals surface area contributed by atoms with E-state index in [1.807, 2.05) is 42.5 Å². The number of rotatable bonds is 4. The second kappa shape index (κ2) is 6.91. The van der Waals surface area contributed by atoms with Gasteiger partial charge in [-0.1, -0.05) is 36.4 Å². The molecular weight excluding hydrogens is 268 g/mol. The van der Waals surface area contributed by atoms with E-state index in [4.69, 9.17) is 17.0 Å². The molecule has 4 heteroatoms. The number of ether oxygens (including phenoxy) is 1. The maximum Gasteiger partial charge on any atom is 0.171 e. The lowest BCUT2D eigenvalue weighted by molar-refractivity contribution is 0.415. The Bertz CT molecular complexity index is 572. The molecule has 0 saturated carbocycles. The van der Waals surface area contributed by atoms with Crippen molar-refractivity contribution in [2.75, 3.05) is 12.4 Å². The molecule has 104 valence electrons. The summed E-state index contributed by atoms with van der Waals surface area (Å²) >= 11 is 5.33. The zero-order chi connectivity index (χ0) is 14.4. The van der Waals surface area contributed by atoms with Crippen LogP contribution < -0.4 is 15.4 Å². The van der Waals surface area contributed by atoms with Crippen LogP contribution in [0.2, 0.25) is 0 Å². The Labute approximate surface area is 125 Å². The Kier molecular flexibility index (Phi) is 4.96. The molecule has 0 aliphatic carbocycles. The first-order valence-corrected chi connectivity index (χ1v) is 6.86. The van der Waals surface area contributed by atoms with E-state index in [0.29, 0.717) is 5.11 Å². The predicted molar refractivity (Wildman–Crippen MR) is 87.2 cm³/mol. The van der Waals surface area contributed by atoms with Gasteiger partial charge in [-0.25, -0.2) is 0 Å². The fourth-order valence-corrected chi connectivity index (χ4v) is 2.18. The number of anilines is 1. The van der Waals surface area contributed by atoms with Crippen LogP contribution in [0.25, 0.3) is 0 Å². The standard InChI is InChI=1S/C16H18N2OS/c1-12(13-7-4-3-5-8-13)17-16(20)18-14-9-6-10-15(11-14)19-2/h3-12H,1-2H3,(H2,17,18,20). The van der Waals surface area contributed by atoms with Crippen LogP contribution in [0.1, 0.15) is 18.5 Å². The highest BCUT2D eigenvalue weighted by Crippen LogP contribution is 2.17. The van der Waals surface area contributed by atoms with Crippen molar-refractivity contribution in [2.24, 2.45) is 0 Å². The van der Waals surface area contributed by atoms with Crippen LogP contribution in [0.3, 0.4) is 0 Å². The molecule has 1 atom stereocenters. The van der Waals surface area contributed by atoms with Gasteiger partial charge in [0, 0.05) is 11.8 Å². The van der Waals surface area contributed by atoms with Gasteiger partial charge in [-0.15, -0.1) is 0 Å². The lowest BCUT2D eigenvalue weighted by Gasteiger charge is -2.17. The van der Waals surface area contributed by atoms with Crippen LogP contribution in [0, 0.1) is 0 Å². The summed E-state index contributed by atoms with van der Waals surface area (Å²) in [4.78, 5) is 0. The van der Waals surface area contributed by atoms with Crippen LogP contribution >= 0.6 is 12.2 Å². The van der Waals surface area contributed by atoms with Crippen molar-refractivity contribution in [1.82, 2.24) is 5.32 Å². The van der Waals surface area contributed by atoms with Crippen molar-refractivity contribution in [3.63, 3.8) is 0 Å². The van der Waals surface area contributed by atoms with Crippen molar-refractivity contribution < 1.29 is 4.74 Å². The van der Waals surface area contributed by atoms with E-state index >= 15 is 0 Å². The number of nitrogens with one attached hydrogen (secondary N) is 2. The molecule has 2 aromatic rings. The van der Waals surface area contributed by atoms with Crippen molar-refractivity contribution in [1.29, 1.82) is 0 Å². The van der Waals surface area contributed by atoms with E-state index in [9.17, 15) is 0 Å². The summed E-state index contributed by atoms with van der Waals surface area (Å²) in [7, 11) is 1.65. The van der Waals surface area contributed by atoms with Gasteiger partial charge in [0.05, 0.1) is 13.2 Å². The molecule has 2 aromatic carbocycles. The number of methoxy groups -OCH3 is 1. The topological polar surface area (TPSA) is 33.3 Å². The van der Waals surface area contributed by atoms with Gasteiger partial charge in [-0.3, -0.25) is 0 Å². The first kappa shape index (κ1) is 14.3. The van der Waals surface area contributed by atoms with Gasteiger partial charge in [0.1, 0.15) is 5.75 Å². The molecule has 1 unspecified atom stereocenters.